The molecular weight excluding hydrogens is 324 g/mol. The van der Waals surface area contributed by atoms with Crippen LogP contribution in [0, 0.1) is 0 Å². The van der Waals surface area contributed by atoms with Crippen LogP contribution < -0.4 is 15.5 Å². The van der Waals surface area contributed by atoms with Crippen molar-refractivity contribution in [2.24, 2.45) is 0 Å². The second-order valence-corrected chi connectivity index (χ2v) is 7.38. The van der Waals surface area contributed by atoms with Crippen molar-refractivity contribution < 1.29 is 0 Å². The third kappa shape index (κ3) is 4.25. The molecule has 2 aliphatic rings. The first-order valence-electron chi connectivity index (χ1n) is 9.65. The summed E-state index contributed by atoms with van der Waals surface area (Å²) in [6.45, 7) is 4.42. The maximum Gasteiger partial charge on any atom is 0.135 e. The Morgan fingerprint density at radius 3 is 2.35 bits per heavy atom. The first-order valence-corrected chi connectivity index (χ1v) is 9.65. The zero-order valence-corrected chi connectivity index (χ0v) is 15.5. The number of hydrogen-bond acceptors (Lipinski definition) is 6. The van der Waals surface area contributed by atoms with E-state index in [-0.39, 0.29) is 0 Å². The van der Waals surface area contributed by atoms with Crippen LogP contribution in [0.3, 0.4) is 0 Å². The molecule has 0 amide bonds. The molecule has 4 rings (SSSR count). The molecule has 0 atom stereocenters. The van der Waals surface area contributed by atoms with E-state index in [0.29, 0.717) is 6.04 Å². The molecule has 138 valence electrons. The summed E-state index contributed by atoms with van der Waals surface area (Å²) in [4.78, 5) is 13.5. The van der Waals surface area contributed by atoms with Crippen molar-refractivity contribution in [1.82, 2.24) is 14.9 Å². The van der Waals surface area contributed by atoms with Gasteiger partial charge in [0, 0.05) is 49.7 Å². The Labute approximate surface area is 155 Å². The van der Waals surface area contributed by atoms with Gasteiger partial charge in [0.25, 0.3) is 0 Å². The van der Waals surface area contributed by atoms with Gasteiger partial charge < -0.3 is 20.4 Å². The van der Waals surface area contributed by atoms with Gasteiger partial charge in [0.2, 0.25) is 0 Å². The topological polar surface area (TPSA) is 56.3 Å². The molecule has 0 unspecified atom stereocenters. The number of hydrogen-bond donors (Lipinski definition) is 2. The molecule has 6 nitrogen and oxygen atoms in total. The maximum atomic E-state index is 4.35. The van der Waals surface area contributed by atoms with Crippen molar-refractivity contribution in [2.75, 3.05) is 48.8 Å². The number of nitrogens with zero attached hydrogens (tertiary/aromatic N) is 4. The largest absolute Gasteiger partial charge is 0.369 e. The van der Waals surface area contributed by atoms with E-state index >= 15 is 0 Å². The van der Waals surface area contributed by atoms with Gasteiger partial charge in [-0.25, -0.2) is 9.97 Å². The van der Waals surface area contributed by atoms with Crippen LogP contribution in [0.5, 0.6) is 0 Å². The highest BCUT2D eigenvalue weighted by Crippen LogP contribution is 2.24. The van der Waals surface area contributed by atoms with Crippen molar-refractivity contribution in [2.45, 2.75) is 31.7 Å². The highest BCUT2D eigenvalue weighted by Gasteiger charge is 2.16. The standard InChI is InChI=1S/C20H28N6/c1-25-10-12-26(13-11-25)18-8-6-17(7-9-18)24-20-14-19(21-15-22-20)23-16-4-2-3-5-16/h6-9,14-16H,2-5,10-13H2,1H3,(H2,21,22,23,24). The third-order valence-corrected chi connectivity index (χ3v) is 5.38. The molecule has 1 saturated carbocycles. The number of nitrogens with one attached hydrogen (secondary N) is 2. The molecular formula is C20H28N6. The SMILES string of the molecule is CN1CCN(c2ccc(Nc3cc(NC4CCCC4)ncn3)cc2)CC1. The van der Waals surface area contributed by atoms with E-state index in [9.17, 15) is 0 Å². The first kappa shape index (κ1) is 17.1. The van der Waals surface area contributed by atoms with Crippen molar-refractivity contribution in [3.8, 4) is 0 Å². The van der Waals surface area contributed by atoms with Gasteiger partial charge >= 0.3 is 0 Å². The minimum Gasteiger partial charge on any atom is -0.369 e. The molecule has 1 saturated heterocycles. The highest BCUT2D eigenvalue weighted by atomic mass is 15.2. The summed E-state index contributed by atoms with van der Waals surface area (Å²) >= 11 is 0. The lowest BCUT2D eigenvalue weighted by Crippen LogP contribution is -2.44. The van der Waals surface area contributed by atoms with E-state index in [4.69, 9.17) is 0 Å². The van der Waals surface area contributed by atoms with Gasteiger partial charge in [-0.05, 0) is 44.2 Å². The molecule has 2 fully saturated rings. The van der Waals surface area contributed by atoms with Gasteiger partial charge in [0.15, 0.2) is 0 Å². The van der Waals surface area contributed by atoms with Crippen molar-refractivity contribution >= 4 is 23.0 Å². The minimum atomic E-state index is 0.556. The Kier molecular flexibility index (Phi) is 5.20. The summed E-state index contributed by atoms with van der Waals surface area (Å²) in [7, 11) is 2.18. The zero-order chi connectivity index (χ0) is 17.8. The van der Waals surface area contributed by atoms with Crippen LogP contribution in [0.25, 0.3) is 0 Å². The fourth-order valence-corrected chi connectivity index (χ4v) is 3.75. The summed E-state index contributed by atoms with van der Waals surface area (Å²) in [6.07, 6.45) is 6.72. The van der Waals surface area contributed by atoms with E-state index in [0.717, 1.165) is 43.5 Å². The van der Waals surface area contributed by atoms with Gasteiger partial charge in [-0.15, -0.1) is 0 Å². The molecule has 0 radical (unpaired) electrons. The molecule has 1 aromatic carbocycles. The molecule has 1 aliphatic heterocycles. The van der Waals surface area contributed by atoms with Crippen LogP contribution in [-0.2, 0) is 0 Å². The van der Waals surface area contributed by atoms with Crippen LogP contribution in [0.2, 0.25) is 0 Å². The number of anilines is 4. The molecule has 1 aliphatic carbocycles. The van der Waals surface area contributed by atoms with Gasteiger partial charge in [0.05, 0.1) is 0 Å². The normalized spacial score (nSPS) is 18.9. The summed E-state index contributed by atoms with van der Waals surface area (Å²) in [5, 5.41) is 6.91. The third-order valence-electron chi connectivity index (χ3n) is 5.38. The van der Waals surface area contributed by atoms with E-state index in [1.807, 2.05) is 6.07 Å². The smallest absolute Gasteiger partial charge is 0.135 e. The molecule has 2 N–H and O–H groups in total. The van der Waals surface area contributed by atoms with E-state index in [2.05, 4.69) is 61.7 Å². The molecule has 2 heterocycles. The average molecular weight is 352 g/mol. The van der Waals surface area contributed by atoms with Crippen LogP contribution in [-0.4, -0.2) is 54.1 Å². The van der Waals surface area contributed by atoms with E-state index < -0.39 is 0 Å². The lowest BCUT2D eigenvalue weighted by molar-refractivity contribution is 0.313. The van der Waals surface area contributed by atoms with E-state index in [1.54, 1.807) is 6.33 Å². The number of piperazine rings is 1. The molecule has 0 spiro atoms. The molecule has 6 heteroatoms. The monoisotopic (exact) mass is 352 g/mol. The molecule has 26 heavy (non-hydrogen) atoms. The van der Waals surface area contributed by atoms with Crippen molar-refractivity contribution in [1.29, 1.82) is 0 Å². The Morgan fingerprint density at radius 2 is 1.62 bits per heavy atom. The Morgan fingerprint density at radius 1 is 0.923 bits per heavy atom. The van der Waals surface area contributed by atoms with Crippen LogP contribution in [0.4, 0.5) is 23.0 Å². The number of rotatable bonds is 5. The predicted molar refractivity (Wildman–Crippen MR) is 107 cm³/mol. The molecule has 2 aromatic rings. The predicted octanol–water partition coefficient (Wildman–Crippen LogP) is 3.33. The van der Waals surface area contributed by atoms with Crippen LogP contribution >= 0.6 is 0 Å². The van der Waals surface area contributed by atoms with Crippen molar-refractivity contribution in [3.05, 3.63) is 36.7 Å². The van der Waals surface area contributed by atoms with Crippen LogP contribution in [0.15, 0.2) is 36.7 Å². The number of likely N-dealkylation sites (N-methyl/N-ethyl adjacent to an activating group) is 1. The fraction of sp³-hybridized carbons (Fsp3) is 0.500. The summed E-state index contributed by atoms with van der Waals surface area (Å²) in [5.41, 5.74) is 2.34. The van der Waals surface area contributed by atoms with Crippen molar-refractivity contribution in [3.63, 3.8) is 0 Å². The van der Waals surface area contributed by atoms with Gasteiger partial charge in [-0.1, -0.05) is 12.8 Å². The second kappa shape index (κ2) is 7.91. The van der Waals surface area contributed by atoms with Crippen LogP contribution in [0.1, 0.15) is 25.7 Å². The minimum absolute atomic E-state index is 0.556. The molecule has 0 bridgehead atoms. The maximum absolute atomic E-state index is 4.35. The van der Waals surface area contributed by atoms with Gasteiger partial charge in [-0.3, -0.25) is 0 Å². The first-order chi connectivity index (χ1) is 12.8. The lowest BCUT2D eigenvalue weighted by Gasteiger charge is -2.34. The highest BCUT2D eigenvalue weighted by molar-refractivity contribution is 5.62. The Bertz CT molecular complexity index is 702. The average Bonchev–Trinajstić information content (AvgIpc) is 3.16. The van der Waals surface area contributed by atoms with Gasteiger partial charge in [-0.2, -0.15) is 0 Å². The summed E-state index contributed by atoms with van der Waals surface area (Å²) in [6, 6.07) is 11.2. The van der Waals surface area contributed by atoms with Gasteiger partial charge in [0.1, 0.15) is 18.0 Å². The lowest BCUT2D eigenvalue weighted by atomic mass is 10.2. The summed E-state index contributed by atoms with van der Waals surface area (Å²) in [5.74, 6) is 1.73. The number of benzene rings is 1. The fourth-order valence-electron chi connectivity index (χ4n) is 3.75. The second-order valence-electron chi connectivity index (χ2n) is 7.38. The Hall–Kier alpha value is -2.34. The zero-order valence-electron chi connectivity index (χ0n) is 15.5. The Balaban J connectivity index is 1.37. The molecule has 1 aromatic heterocycles. The van der Waals surface area contributed by atoms with E-state index in [1.165, 1.54) is 31.4 Å². The summed E-state index contributed by atoms with van der Waals surface area (Å²) < 4.78 is 0. The quantitative estimate of drug-likeness (QED) is 0.861. The number of aromatic nitrogens is 2.